The van der Waals surface area contributed by atoms with Gasteiger partial charge in [-0.05, 0) is 43.0 Å². The Morgan fingerprint density at radius 1 is 0.960 bits per heavy atom. The first kappa shape index (κ1) is 18.5. The van der Waals surface area contributed by atoms with E-state index in [4.69, 9.17) is 4.74 Å². The molecule has 2 aromatic carbocycles. The van der Waals surface area contributed by atoms with Gasteiger partial charge >= 0.3 is 0 Å². The lowest BCUT2D eigenvalue weighted by Crippen LogP contribution is -2.36. The number of carbonyl (C=O) groups is 2. The normalized spacial score (nSPS) is 10.2. The second-order valence-electron chi connectivity index (χ2n) is 5.84. The van der Waals surface area contributed by atoms with E-state index < -0.39 is 0 Å². The van der Waals surface area contributed by atoms with Gasteiger partial charge in [0.15, 0.2) is 6.61 Å². The highest BCUT2D eigenvalue weighted by Gasteiger charge is 2.10. The summed E-state index contributed by atoms with van der Waals surface area (Å²) in [5.74, 6) is 0.0995. The highest BCUT2D eigenvalue weighted by atomic mass is 16.5. The van der Waals surface area contributed by atoms with Crippen molar-refractivity contribution in [2.24, 2.45) is 0 Å². The molecule has 2 amide bonds. The van der Waals surface area contributed by atoms with E-state index in [0.29, 0.717) is 5.75 Å². The summed E-state index contributed by atoms with van der Waals surface area (Å²) in [7, 11) is 0. The van der Waals surface area contributed by atoms with Gasteiger partial charge in [-0.3, -0.25) is 9.59 Å². The summed E-state index contributed by atoms with van der Waals surface area (Å²) >= 11 is 0. The van der Waals surface area contributed by atoms with E-state index in [2.05, 4.69) is 10.6 Å². The van der Waals surface area contributed by atoms with E-state index in [-0.39, 0.29) is 25.0 Å². The Morgan fingerprint density at radius 3 is 2.32 bits per heavy atom. The molecule has 0 aliphatic carbocycles. The average Bonchev–Trinajstić information content (AvgIpc) is 2.61. The summed E-state index contributed by atoms with van der Waals surface area (Å²) < 4.78 is 5.53. The number of hydrogen-bond acceptors (Lipinski definition) is 3. The number of benzene rings is 2. The summed E-state index contributed by atoms with van der Waals surface area (Å²) in [5, 5.41) is 5.40. The van der Waals surface area contributed by atoms with Gasteiger partial charge in [0.2, 0.25) is 5.91 Å². The molecule has 0 aliphatic rings. The second-order valence-corrected chi connectivity index (χ2v) is 5.84. The van der Waals surface area contributed by atoms with Crippen LogP contribution in [0.3, 0.4) is 0 Å². The number of ether oxygens (including phenoxy) is 1. The zero-order valence-electron chi connectivity index (χ0n) is 14.9. The van der Waals surface area contributed by atoms with Crippen LogP contribution in [0.2, 0.25) is 0 Å². The topological polar surface area (TPSA) is 67.4 Å². The first-order chi connectivity index (χ1) is 12.0. The zero-order valence-corrected chi connectivity index (χ0v) is 14.9. The van der Waals surface area contributed by atoms with Gasteiger partial charge in [0.25, 0.3) is 5.91 Å². The third-order valence-electron chi connectivity index (χ3n) is 3.90. The Kier molecular flexibility index (Phi) is 6.57. The molecule has 0 bridgehead atoms. The highest BCUT2D eigenvalue weighted by Crippen LogP contribution is 2.19. The van der Waals surface area contributed by atoms with Crippen molar-refractivity contribution in [3.8, 4) is 5.75 Å². The molecule has 0 atom stereocenters. The Labute approximate surface area is 148 Å². The van der Waals surface area contributed by atoms with Crippen LogP contribution in [0.4, 0.5) is 5.69 Å². The molecule has 2 aromatic rings. The molecule has 2 N–H and O–H groups in total. The summed E-state index contributed by atoms with van der Waals surface area (Å²) in [4.78, 5) is 23.9. The average molecular weight is 340 g/mol. The van der Waals surface area contributed by atoms with Crippen LogP contribution in [0, 0.1) is 13.8 Å². The monoisotopic (exact) mass is 340 g/mol. The molecule has 0 saturated heterocycles. The predicted octanol–water partition coefficient (Wildman–Crippen LogP) is 3.00. The van der Waals surface area contributed by atoms with Crippen molar-refractivity contribution < 1.29 is 14.3 Å². The number of rotatable bonds is 7. The Morgan fingerprint density at radius 2 is 1.64 bits per heavy atom. The number of anilines is 1. The highest BCUT2D eigenvalue weighted by molar-refractivity contribution is 5.95. The molecule has 5 nitrogen and oxygen atoms in total. The molecule has 0 aliphatic heterocycles. The molecule has 132 valence electrons. The minimum Gasteiger partial charge on any atom is -0.483 e. The van der Waals surface area contributed by atoms with E-state index in [9.17, 15) is 9.59 Å². The molecule has 0 saturated carbocycles. The third kappa shape index (κ3) is 5.35. The van der Waals surface area contributed by atoms with Crippen molar-refractivity contribution in [1.82, 2.24) is 5.32 Å². The molecule has 0 spiro atoms. The Balaban J connectivity index is 1.80. The van der Waals surface area contributed by atoms with Gasteiger partial charge in [0, 0.05) is 5.69 Å². The van der Waals surface area contributed by atoms with E-state index in [1.54, 1.807) is 0 Å². The van der Waals surface area contributed by atoms with Crippen molar-refractivity contribution in [2.75, 3.05) is 18.5 Å². The van der Waals surface area contributed by atoms with Crippen LogP contribution in [-0.2, 0) is 16.0 Å². The van der Waals surface area contributed by atoms with Crippen molar-refractivity contribution in [3.05, 3.63) is 59.2 Å². The van der Waals surface area contributed by atoms with Crippen LogP contribution in [0.1, 0.15) is 23.6 Å². The summed E-state index contributed by atoms with van der Waals surface area (Å²) in [6.45, 7) is 5.68. The van der Waals surface area contributed by atoms with Gasteiger partial charge in [-0.15, -0.1) is 0 Å². The number of aryl methyl sites for hydroxylation is 3. The smallest absolute Gasteiger partial charge is 0.258 e. The summed E-state index contributed by atoms with van der Waals surface area (Å²) in [6.07, 6.45) is 0.829. The lowest BCUT2D eigenvalue weighted by Gasteiger charge is -2.12. The molecule has 2 rings (SSSR count). The van der Waals surface area contributed by atoms with Gasteiger partial charge in [-0.2, -0.15) is 0 Å². The molecule has 5 heteroatoms. The fraction of sp³-hybridized carbons (Fsp3) is 0.300. The predicted molar refractivity (Wildman–Crippen MR) is 98.9 cm³/mol. The second kappa shape index (κ2) is 8.87. The van der Waals surface area contributed by atoms with Crippen molar-refractivity contribution >= 4 is 17.5 Å². The molecule has 0 fully saturated rings. The fourth-order valence-electron chi connectivity index (χ4n) is 2.51. The van der Waals surface area contributed by atoms with Crippen LogP contribution in [0.15, 0.2) is 42.5 Å². The third-order valence-corrected chi connectivity index (χ3v) is 3.90. The van der Waals surface area contributed by atoms with Crippen molar-refractivity contribution in [1.29, 1.82) is 0 Å². The SMILES string of the molecule is CCc1ccccc1OCC(=O)NCC(=O)Nc1c(C)cccc1C. The minimum absolute atomic E-state index is 0.0919. The van der Waals surface area contributed by atoms with E-state index in [1.165, 1.54) is 0 Å². The van der Waals surface area contributed by atoms with Gasteiger partial charge in [0.05, 0.1) is 6.54 Å². The van der Waals surface area contributed by atoms with Crippen LogP contribution in [0.5, 0.6) is 5.75 Å². The quantitative estimate of drug-likeness (QED) is 0.814. The van der Waals surface area contributed by atoms with E-state index in [0.717, 1.165) is 28.8 Å². The lowest BCUT2D eigenvalue weighted by molar-refractivity contribution is -0.125. The molecular formula is C20H24N2O3. The molecule has 25 heavy (non-hydrogen) atoms. The van der Waals surface area contributed by atoms with Gasteiger partial charge in [-0.1, -0.05) is 43.3 Å². The van der Waals surface area contributed by atoms with Crippen LogP contribution in [0.25, 0.3) is 0 Å². The Hall–Kier alpha value is -2.82. The fourth-order valence-corrected chi connectivity index (χ4v) is 2.51. The maximum atomic E-state index is 12.0. The van der Waals surface area contributed by atoms with Gasteiger partial charge < -0.3 is 15.4 Å². The zero-order chi connectivity index (χ0) is 18.2. The molecule has 0 heterocycles. The van der Waals surface area contributed by atoms with Crippen molar-refractivity contribution in [3.63, 3.8) is 0 Å². The van der Waals surface area contributed by atoms with Crippen LogP contribution >= 0.6 is 0 Å². The van der Waals surface area contributed by atoms with Crippen LogP contribution in [-0.4, -0.2) is 25.0 Å². The minimum atomic E-state index is -0.331. The number of carbonyl (C=O) groups excluding carboxylic acids is 2. The largest absolute Gasteiger partial charge is 0.483 e. The number of hydrogen-bond donors (Lipinski definition) is 2. The van der Waals surface area contributed by atoms with E-state index in [1.807, 2.05) is 63.2 Å². The number of para-hydroxylation sites is 2. The number of amides is 2. The van der Waals surface area contributed by atoms with E-state index >= 15 is 0 Å². The van der Waals surface area contributed by atoms with Gasteiger partial charge in [0.1, 0.15) is 5.75 Å². The molecule has 0 radical (unpaired) electrons. The Bertz CT molecular complexity index is 736. The van der Waals surface area contributed by atoms with Gasteiger partial charge in [-0.25, -0.2) is 0 Å². The molecule has 0 aromatic heterocycles. The summed E-state index contributed by atoms with van der Waals surface area (Å²) in [5.41, 5.74) is 3.80. The maximum Gasteiger partial charge on any atom is 0.258 e. The standard InChI is InChI=1S/C20H24N2O3/c1-4-16-10-5-6-11-17(16)25-13-19(24)21-12-18(23)22-20-14(2)8-7-9-15(20)3/h5-11H,4,12-13H2,1-3H3,(H,21,24)(H,22,23). The van der Waals surface area contributed by atoms with Crippen LogP contribution < -0.4 is 15.4 Å². The first-order valence-electron chi connectivity index (χ1n) is 8.34. The molecule has 0 unspecified atom stereocenters. The number of nitrogens with one attached hydrogen (secondary N) is 2. The first-order valence-corrected chi connectivity index (χ1v) is 8.34. The maximum absolute atomic E-state index is 12.0. The van der Waals surface area contributed by atoms with Crippen molar-refractivity contribution in [2.45, 2.75) is 27.2 Å². The summed E-state index contributed by atoms with van der Waals surface area (Å²) in [6, 6.07) is 13.4. The molecular weight excluding hydrogens is 316 g/mol. The lowest BCUT2D eigenvalue weighted by atomic mass is 10.1.